The lowest BCUT2D eigenvalue weighted by Crippen LogP contribution is -2.12. The van der Waals surface area contributed by atoms with E-state index >= 15 is 0 Å². The van der Waals surface area contributed by atoms with E-state index in [0.717, 1.165) is 6.42 Å². The summed E-state index contributed by atoms with van der Waals surface area (Å²) in [7, 11) is 1.65. The molecule has 0 amide bonds. The van der Waals surface area contributed by atoms with Crippen LogP contribution in [0.4, 0.5) is 0 Å². The number of aliphatic carboxylic acids is 1. The topological polar surface area (TPSA) is 55.8 Å². The van der Waals surface area contributed by atoms with Gasteiger partial charge >= 0.3 is 5.97 Å². The first kappa shape index (κ1) is 12.4. The Morgan fingerprint density at radius 3 is 2.62 bits per heavy atom. The lowest BCUT2D eigenvalue weighted by atomic mass is 10.1. The van der Waals surface area contributed by atoms with E-state index in [0.29, 0.717) is 26.2 Å². The standard InChI is InChI=1S/C9H18O4/c1-8(9(10)11)4-7-13-6-3-5-12-2/h8H,3-7H2,1-2H3,(H,10,11). The van der Waals surface area contributed by atoms with Gasteiger partial charge in [0.25, 0.3) is 0 Å². The molecule has 0 aliphatic carbocycles. The molecule has 0 heterocycles. The van der Waals surface area contributed by atoms with E-state index in [9.17, 15) is 4.79 Å². The summed E-state index contributed by atoms with van der Waals surface area (Å²) in [6, 6.07) is 0. The molecule has 0 aromatic carbocycles. The molecular formula is C9H18O4. The van der Waals surface area contributed by atoms with Crippen molar-refractivity contribution in [3.05, 3.63) is 0 Å². The Bertz CT molecular complexity index is 136. The highest BCUT2D eigenvalue weighted by atomic mass is 16.5. The van der Waals surface area contributed by atoms with Crippen molar-refractivity contribution in [3.63, 3.8) is 0 Å². The summed E-state index contributed by atoms with van der Waals surface area (Å²) < 4.78 is 10.0. The van der Waals surface area contributed by atoms with Crippen molar-refractivity contribution in [3.8, 4) is 0 Å². The van der Waals surface area contributed by atoms with E-state index in [1.807, 2.05) is 0 Å². The van der Waals surface area contributed by atoms with Crippen molar-refractivity contribution in [2.75, 3.05) is 26.9 Å². The third kappa shape index (κ3) is 7.74. The molecule has 1 unspecified atom stereocenters. The maximum atomic E-state index is 10.4. The van der Waals surface area contributed by atoms with Gasteiger partial charge < -0.3 is 14.6 Å². The number of methoxy groups -OCH3 is 1. The van der Waals surface area contributed by atoms with Gasteiger partial charge in [-0.15, -0.1) is 0 Å². The van der Waals surface area contributed by atoms with E-state index in [-0.39, 0.29) is 5.92 Å². The Labute approximate surface area is 78.8 Å². The molecule has 0 aliphatic rings. The fourth-order valence-electron chi connectivity index (χ4n) is 0.791. The molecule has 0 aromatic heterocycles. The molecular weight excluding hydrogens is 172 g/mol. The van der Waals surface area contributed by atoms with Gasteiger partial charge in [-0.2, -0.15) is 0 Å². The van der Waals surface area contributed by atoms with Crippen LogP contribution in [0.15, 0.2) is 0 Å². The zero-order valence-corrected chi connectivity index (χ0v) is 8.28. The normalized spacial score (nSPS) is 12.8. The van der Waals surface area contributed by atoms with Gasteiger partial charge in [-0.3, -0.25) is 4.79 Å². The summed E-state index contributed by atoms with van der Waals surface area (Å²) in [4.78, 5) is 10.4. The maximum Gasteiger partial charge on any atom is 0.306 e. The summed E-state index contributed by atoms with van der Waals surface area (Å²) in [6.45, 7) is 3.52. The van der Waals surface area contributed by atoms with Crippen molar-refractivity contribution >= 4 is 5.97 Å². The van der Waals surface area contributed by atoms with E-state index < -0.39 is 5.97 Å². The highest BCUT2D eigenvalue weighted by Gasteiger charge is 2.09. The predicted molar refractivity (Wildman–Crippen MR) is 48.7 cm³/mol. The van der Waals surface area contributed by atoms with Crippen molar-refractivity contribution < 1.29 is 19.4 Å². The van der Waals surface area contributed by atoms with Gasteiger partial charge in [0.15, 0.2) is 0 Å². The Hall–Kier alpha value is -0.610. The molecule has 4 heteroatoms. The van der Waals surface area contributed by atoms with Crippen molar-refractivity contribution in [1.29, 1.82) is 0 Å². The quantitative estimate of drug-likeness (QED) is 0.583. The largest absolute Gasteiger partial charge is 0.481 e. The molecule has 13 heavy (non-hydrogen) atoms. The van der Waals surface area contributed by atoms with Crippen LogP contribution in [-0.2, 0) is 14.3 Å². The molecule has 0 rings (SSSR count). The molecule has 0 saturated heterocycles. The maximum absolute atomic E-state index is 10.4. The summed E-state index contributed by atoms with van der Waals surface area (Å²) >= 11 is 0. The van der Waals surface area contributed by atoms with E-state index in [2.05, 4.69) is 0 Å². The summed E-state index contributed by atoms with van der Waals surface area (Å²) in [6.07, 6.45) is 1.43. The van der Waals surface area contributed by atoms with Crippen LogP contribution in [-0.4, -0.2) is 38.0 Å². The zero-order chi connectivity index (χ0) is 10.1. The van der Waals surface area contributed by atoms with Gasteiger partial charge in [-0.1, -0.05) is 6.92 Å². The molecule has 4 nitrogen and oxygen atoms in total. The van der Waals surface area contributed by atoms with Crippen LogP contribution in [0.1, 0.15) is 19.8 Å². The molecule has 0 fully saturated rings. The minimum Gasteiger partial charge on any atom is -0.481 e. The Morgan fingerprint density at radius 1 is 1.38 bits per heavy atom. The minimum absolute atomic E-state index is 0.317. The number of ether oxygens (including phenoxy) is 2. The van der Waals surface area contributed by atoms with Gasteiger partial charge in [0.1, 0.15) is 0 Å². The van der Waals surface area contributed by atoms with E-state index in [1.54, 1.807) is 14.0 Å². The van der Waals surface area contributed by atoms with Gasteiger partial charge in [-0.25, -0.2) is 0 Å². The second-order valence-corrected chi connectivity index (χ2v) is 2.99. The molecule has 1 N–H and O–H groups in total. The monoisotopic (exact) mass is 190 g/mol. The molecule has 0 radical (unpaired) electrons. The smallest absolute Gasteiger partial charge is 0.306 e. The Morgan fingerprint density at radius 2 is 2.08 bits per heavy atom. The lowest BCUT2D eigenvalue weighted by molar-refractivity contribution is -0.141. The first-order valence-corrected chi connectivity index (χ1v) is 4.48. The Kier molecular flexibility index (Phi) is 7.63. The van der Waals surface area contributed by atoms with Gasteiger partial charge in [0, 0.05) is 26.9 Å². The van der Waals surface area contributed by atoms with Crippen LogP contribution >= 0.6 is 0 Å². The second-order valence-electron chi connectivity index (χ2n) is 2.99. The van der Waals surface area contributed by atoms with Gasteiger partial charge in [0.05, 0.1) is 5.92 Å². The number of carboxylic acid groups (broad SMARTS) is 1. The number of rotatable bonds is 8. The fourth-order valence-corrected chi connectivity index (χ4v) is 0.791. The number of hydrogen-bond acceptors (Lipinski definition) is 3. The number of hydrogen-bond donors (Lipinski definition) is 1. The molecule has 0 saturated carbocycles. The molecule has 0 aromatic rings. The van der Waals surface area contributed by atoms with Crippen LogP contribution in [0.5, 0.6) is 0 Å². The minimum atomic E-state index is -0.763. The summed E-state index contributed by atoms with van der Waals surface area (Å²) in [5.74, 6) is -1.08. The Balaban J connectivity index is 3.11. The molecule has 78 valence electrons. The van der Waals surface area contributed by atoms with Crippen LogP contribution in [0.25, 0.3) is 0 Å². The van der Waals surface area contributed by atoms with Gasteiger partial charge in [0.2, 0.25) is 0 Å². The summed E-state index contributed by atoms with van der Waals surface area (Å²) in [5.41, 5.74) is 0. The van der Waals surface area contributed by atoms with Gasteiger partial charge in [-0.05, 0) is 12.8 Å². The van der Waals surface area contributed by atoms with Crippen LogP contribution in [0.3, 0.4) is 0 Å². The predicted octanol–water partition coefficient (Wildman–Crippen LogP) is 1.15. The van der Waals surface area contributed by atoms with E-state index in [4.69, 9.17) is 14.6 Å². The molecule has 0 bridgehead atoms. The molecule has 0 aliphatic heterocycles. The number of carboxylic acids is 1. The fraction of sp³-hybridized carbons (Fsp3) is 0.889. The van der Waals surface area contributed by atoms with Crippen molar-refractivity contribution in [2.45, 2.75) is 19.8 Å². The number of carbonyl (C=O) groups is 1. The first-order valence-electron chi connectivity index (χ1n) is 4.48. The average Bonchev–Trinajstić information content (AvgIpc) is 2.10. The van der Waals surface area contributed by atoms with Crippen molar-refractivity contribution in [2.24, 2.45) is 5.92 Å². The summed E-state index contributed by atoms with van der Waals surface area (Å²) in [5, 5.41) is 8.55. The molecule has 1 atom stereocenters. The van der Waals surface area contributed by atoms with E-state index in [1.165, 1.54) is 0 Å². The highest BCUT2D eigenvalue weighted by molar-refractivity contribution is 5.69. The molecule has 0 spiro atoms. The third-order valence-electron chi connectivity index (χ3n) is 1.75. The van der Waals surface area contributed by atoms with Crippen LogP contribution in [0.2, 0.25) is 0 Å². The van der Waals surface area contributed by atoms with Crippen LogP contribution in [0, 0.1) is 5.92 Å². The zero-order valence-electron chi connectivity index (χ0n) is 8.28. The average molecular weight is 190 g/mol. The second kappa shape index (κ2) is 8.01. The SMILES string of the molecule is COCCCOCCC(C)C(=O)O. The lowest BCUT2D eigenvalue weighted by Gasteiger charge is -2.06. The van der Waals surface area contributed by atoms with Crippen LogP contribution < -0.4 is 0 Å². The van der Waals surface area contributed by atoms with Crippen molar-refractivity contribution in [1.82, 2.24) is 0 Å². The highest BCUT2D eigenvalue weighted by Crippen LogP contribution is 2.01. The third-order valence-corrected chi connectivity index (χ3v) is 1.75. The first-order chi connectivity index (χ1) is 6.18.